The van der Waals surface area contributed by atoms with E-state index in [1.165, 1.54) is 22.5 Å². The number of halogens is 2. The van der Waals surface area contributed by atoms with E-state index in [1.54, 1.807) is 27.9 Å². The number of carbonyl (C=O) groups is 1. The van der Waals surface area contributed by atoms with Gasteiger partial charge in [0.1, 0.15) is 4.90 Å². The Morgan fingerprint density at radius 2 is 1.67 bits per heavy atom. The van der Waals surface area contributed by atoms with Crippen molar-refractivity contribution in [3.8, 4) is 5.69 Å². The highest BCUT2D eigenvalue weighted by atomic mass is 35.5. The molecule has 10 heteroatoms. The first-order valence-electron chi connectivity index (χ1n) is 9.21. The standard InChI is InChI=1S/C20H18Cl2N4O3S/c21-16-4-7-18(22)19(14-16)30(28,29)25-12-10-24(11-13-25)20(27)15-2-5-17(6-3-15)26-9-1-8-23-26/h1-9,14H,10-13H2. The number of hydrogen-bond donors (Lipinski definition) is 0. The Balaban J connectivity index is 1.44. The third-order valence-electron chi connectivity index (χ3n) is 4.92. The van der Waals surface area contributed by atoms with E-state index in [9.17, 15) is 13.2 Å². The Labute approximate surface area is 184 Å². The first-order chi connectivity index (χ1) is 14.4. The first-order valence-corrected chi connectivity index (χ1v) is 11.4. The molecule has 1 saturated heterocycles. The summed E-state index contributed by atoms with van der Waals surface area (Å²) in [5, 5.41) is 4.58. The molecule has 0 atom stereocenters. The maximum absolute atomic E-state index is 12.9. The quantitative estimate of drug-likeness (QED) is 0.593. The van der Waals surface area contributed by atoms with Gasteiger partial charge in [-0.05, 0) is 48.5 Å². The van der Waals surface area contributed by atoms with Gasteiger partial charge in [-0.25, -0.2) is 13.1 Å². The third kappa shape index (κ3) is 4.09. The molecule has 7 nitrogen and oxygen atoms in total. The Bertz CT molecular complexity index is 1160. The summed E-state index contributed by atoms with van der Waals surface area (Å²) in [5.41, 5.74) is 1.39. The van der Waals surface area contributed by atoms with Crippen LogP contribution in [0.1, 0.15) is 10.4 Å². The van der Waals surface area contributed by atoms with Gasteiger partial charge in [0.15, 0.2) is 0 Å². The molecule has 1 aliphatic heterocycles. The molecule has 1 aromatic heterocycles. The Morgan fingerprint density at radius 1 is 0.967 bits per heavy atom. The topological polar surface area (TPSA) is 75.5 Å². The van der Waals surface area contributed by atoms with Crippen molar-refractivity contribution in [3.63, 3.8) is 0 Å². The minimum Gasteiger partial charge on any atom is -0.336 e. The normalized spacial score (nSPS) is 15.3. The highest BCUT2D eigenvalue weighted by molar-refractivity contribution is 7.89. The van der Waals surface area contributed by atoms with Gasteiger partial charge in [-0.1, -0.05) is 23.2 Å². The molecule has 3 aromatic rings. The number of rotatable bonds is 4. The molecule has 4 rings (SSSR count). The number of aromatic nitrogens is 2. The van der Waals surface area contributed by atoms with Crippen molar-refractivity contribution in [2.75, 3.05) is 26.2 Å². The van der Waals surface area contributed by atoms with Gasteiger partial charge in [0.2, 0.25) is 10.0 Å². The fraction of sp³-hybridized carbons (Fsp3) is 0.200. The molecule has 30 heavy (non-hydrogen) atoms. The maximum Gasteiger partial charge on any atom is 0.253 e. The molecule has 0 saturated carbocycles. The van der Waals surface area contributed by atoms with Crippen LogP contribution in [0.3, 0.4) is 0 Å². The van der Waals surface area contributed by atoms with Crippen LogP contribution < -0.4 is 0 Å². The summed E-state index contributed by atoms with van der Waals surface area (Å²) < 4.78 is 28.9. The number of amides is 1. The molecule has 0 unspecified atom stereocenters. The van der Waals surface area contributed by atoms with Gasteiger partial charge in [-0.3, -0.25) is 4.79 Å². The van der Waals surface area contributed by atoms with Crippen molar-refractivity contribution in [1.29, 1.82) is 0 Å². The van der Waals surface area contributed by atoms with Crippen LogP contribution in [0.15, 0.2) is 65.8 Å². The largest absolute Gasteiger partial charge is 0.336 e. The minimum absolute atomic E-state index is 0.0225. The summed E-state index contributed by atoms with van der Waals surface area (Å²) in [6, 6.07) is 13.3. The van der Waals surface area contributed by atoms with Gasteiger partial charge < -0.3 is 4.90 Å². The van der Waals surface area contributed by atoms with E-state index < -0.39 is 10.0 Å². The van der Waals surface area contributed by atoms with Gasteiger partial charge in [0.25, 0.3) is 5.91 Å². The summed E-state index contributed by atoms with van der Waals surface area (Å²) in [7, 11) is -3.79. The summed E-state index contributed by atoms with van der Waals surface area (Å²) in [5.74, 6) is -0.139. The zero-order chi connectivity index (χ0) is 21.3. The molecule has 1 aliphatic rings. The number of benzene rings is 2. The molecule has 0 aliphatic carbocycles. The lowest BCUT2D eigenvalue weighted by atomic mass is 10.1. The van der Waals surface area contributed by atoms with E-state index in [-0.39, 0.29) is 42.0 Å². The van der Waals surface area contributed by atoms with Crippen LogP contribution in [-0.2, 0) is 10.0 Å². The summed E-state index contributed by atoms with van der Waals surface area (Å²) in [6.45, 7) is 0.943. The predicted octanol–water partition coefficient (Wildman–Crippen LogP) is 3.33. The van der Waals surface area contributed by atoms with Gasteiger partial charge in [0.05, 0.1) is 10.7 Å². The van der Waals surface area contributed by atoms with Gasteiger partial charge in [-0.15, -0.1) is 0 Å². The molecule has 1 amide bonds. The second-order valence-electron chi connectivity index (χ2n) is 6.77. The van der Waals surface area contributed by atoms with E-state index in [4.69, 9.17) is 23.2 Å². The average molecular weight is 465 g/mol. The van der Waals surface area contributed by atoms with Crippen LogP contribution in [0.25, 0.3) is 5.69 Å². The summed E-state index contributed by atoms with van der Waals surface area (Å²) in [4.78, 5) is 14.4. The highest BCUT2D eigenvalue weighted by Crippen LogP contribution is 2.28. The molecule has 156 valence electrons. The molecule has 2 heterocycles. The van der Waals surface area contributed by atoms with Crippen molar-refractivity contribution in [2.45, 2.75) is 4.90 Å². The Hall–Kier alpha value is -2.39. The molecular weight excluding hydrogens is 447 g/mol. The van der Waals surface area contributed by atoms with E-state index in [0.29, 0.717) is 10.6 Å². The van der Waals surface area contributed by atoms with Crippen LogP contribution in [0.5, 0.6) is 0 Å². The van der Waals surface area contributed by atoms with Gasteiger partial charge >= 0.3 is 0 Å². The average Bonchev–Trinajstić information content (AvgIpc) is 3.30. The second-order valence-corrected chi connectivity index (χ2v) is 9.52. The number of sulfonamides is 1. The number of hydrogen-bond acceptors (Lipinski definition) is 4. The fourth-order valence-electron chi connectivity index (χ4n) is 3.31. The monoisotopic (exact) mass is 464 g/mol. The SMILES string of the molecule is O=C(c1ccc(-n2cccn2)cc1)N1CCN(S(=O)(=O)c2cc(Cl)ccc2Cl)CC1. The zero-order valence-corrected chi connectivity index (χ0v) is 18.1. The van der Waals surface area contributed by atoms with Gasteiger partial charge in [0, 0.05) is 49.2 Å². The predicted molar refractivity (Wildman–Crippen MR) is 115 cm³/mol. The Morgan fingerprint density at radius 3 is 2.30 bits per heavy atom. The number of piperazine rings is 1. The molecule has 0 N–H and O–H groups in total. The van der Waals surface area contributed by atoms with Crippen LogP contribution in [0, 0.1) is 0 Å². The van der Waals surface area contributed by atoms with Crippen LogP contribution in [-0.4, -0.2) is 59.5 Å². The van der Waals surface area contributed by atoms with Crippen LogP contribution in [0.4, 0.5) is 0 Å². The molecule has 0 spiro atoms. The van der Waals surface area contributed by atoms with Crippen molar-refractivity contribution in [1.82, 2.24) is 19.0 Å². The molecular formula is C20H18Cl2N4O3S. The molecule has 0 radical (unpaired) electrons. The lowest BCUT2D eigenvalue weighted by Gasteiger charge is -2.34. The van der Waals surface area contributed by atoms with Crippen molar-refractivity contribution >= 4 is 39.1 Å². The highest BCUT2D eigenvalue weighted by Gasteiger charge is 2.32. The van der Waals surface area contributed by atoms with E-state index in [2.05, 4.69) is 5.10 Å². The lowest BCUT2D eigenvalue weighted by Crippen LogP contribution is -2.50. The molecule has 2 aromatic carbocycles. The summed E-state index contributed by atoms with van der Waals surface area (Å²) in [6.07, 6.45) is 3.51. The summed E-state index contributed by atoms with van der Waals surface area (Å²) >= 11 is 12.0. The fourth-order valence-corrected chi connectivity index (χ4v) is 5.47. The second kappa shape index (κ2) is 8.39. The smallest absolute Gasteiger partial charge is 0.253 e. The van der Waals surface area contributed by atoms with E-state index in [1.807, 2.05) is 24.4 Å². The number of carbonyl (C=O) groups excluding carboxylic acids is 1. The number of nitrogens with zero attached hydrogens (tertiary/aromatic N) is 4. The molecule has 0 bridgehead atoms. The zero-order valence-electron chi connectivity index (χ0n) is 15.8. The maximum atomic E-state index is 12.9. The van der Waals surface area contributed by atoms with Crippen LogP contribution >= 0.6 is 23.2 Å². The Kier molecular flexibility index (Phi) is 5.84. The minimum atomic E-state index is -3.79. The van der Waals surface area contributed by atoms with Crippen molar-refractivity contribution in [2.24, 2.45) is 0 Å². The first kappa shape index (κ1) is 20.9. The van der Waals surface area contributed by atoms with Crippen LogP contribution in [0.2, 0.25) is 10.0 Å². The molecule has 1 fully saturated rings. The van der Waals surface area contributed by atoms with Crippen molar-refractivity contribution < 1.29 is 13.2 Å². The third-order valence-corrected chi connectivity index (χ3v) is 7.54. The lowest BCUT2D eigenvalue weighted by molar-refractivity contribution is 0.0698. The van der Waals surface area contributed by atoms with Crippen molar-refractivity contribution in [3.05, 3.63) is 76.5 Å². The van der Waals surface area contributed by atoms with E-state index >= 15 is 0 Å². The van der Waals surface area contributed by atoms with Gasteiger partial charge in [-0.2, -0.15) is 9.40 Å². The van der Waals surface area contributed by atoms with E-state index in [0.717, 1.165) is 5.69 Å².